The van der Waals surface area contributed by atoms with Crippen LogP contribution in [0, 0.1) is 13.8 Å². The van der Waals surface area contributed by atoms with Crippen molar-refractivity contribution in [3.8, 4) is 0 Å². The van der Waals surface area contributed by atoms with Crippen LogP contribution in [0.1, 0.15) is 39.9 Å². The maximum Gasteiger partial charge on any atom is 0.252 e. The molecule has 1 heterocycles. The number of ether oxygens (including phenoxy) is 1. The van der Waals surface area contributed by atoms with Crippen LogP contribution in [-0.4, -0.2) is 25.7 Å². The van der Waals surface area contributed by atoms with Crippen molar-refractivity contribution < 1.29 is 9.53 Å². The molecule has 0 aromatic heterocycles. The third-order valence-corrected chi connectivity index (χ3v) is 5.35. The van der Waals surface area contributed by atoms with Gasteiger partial charge in [0.25, 0.3) is 5.91 Å². The van der Waals surface area contributed by atoms with Crippen LogP contribution in [-0.2, 0) is 10.2 Å². The maximum absolute atomic E-state index is 12.6. The summed E-state index contributed by atoms with van der Waals surface area (Å²) in [6.07, 6.45) is 1.80. The largest absolute Gasteiger partial charge is 0.381 e. The van der Waals surface area contributed by atoms with Gasteiger partial charge in [0.2, 0.25) is 0 Å². The fraction of sp³-hybridized carbons (Fsp3) is 0.381. The molecule has 3 rings (SSSR count). The van der Waals surface area contributed by atoms with Gasteiger partial charge in [0.1, 0.15) is 0 Å². The van der Waals surface area contributed by atoms with E-state index in [1.54, 1.807) is 6.07 Å². The first-order valence-corrected chi connectivity index (χ1v) is 9.07. The Balaban J connectivity index is 1.80. The summed E-state index contributed by atoms with van der Waals surface area (Å²) in [7, 11) is 0. The van der Waals surface area contributed by atoms with Crippen molar-refractivity contribution in [1.82, 2.24) is 5.32 Å². The van der Waals surface area contributed by atoms with E-state index >= 15 is 0 Å². The first-order valence-electron chi connectivity index (χ1n) is 8.69. The number of halogens is 1. The van der Waals surface area contributed by atoms with E-state index in [1.807, 2.05) is 19.1 Å². The quantitative estimate of drug-likeness (QED) is 0.878. The van der Waals surface area contributed by atoms with E-state index in [0.717, 1.165) is 31.6 Å². The van der Waals surface area contributed by atoms with Crippen LogP contribution in [0.25, 0.3) is 0 Å². The van der Waals surface area contributed by atoms with Gasteiger partial charge in [-0.15, -0.1) is 0 Å². The average molecular weight is 358 g/mol. The van der Waals surface area contributed by atoms with Gasteiger partial charge < -0.3 is 10.1 Å². The number of hydrogen-bond donors (Lipinski definition) is 1. The molecule has 0 bridgehead atoms. The Morgan fingerprint density at radius 1 is 1.12 bits per heavy atom. The van der Waals surface area contributed by atoms with Gasteiger partial charge in [0, 0.05) is 25.2 Å². The summed E-state index contributed by atoms with van der Waals surface area (Å²) in [4.78, 5) is 12.6. The summed E-state index contributed by atoms with van der Waals surface area (Å²) in [5, 5.41) is 3.60. The Kier molecular flexibility index (Phi) is 5.45. The number of amides is 1. The minimum absolute atomic E-state index is 0.0862. The van der Waals surface area contributed by atoms with Crippen molar-refractivity contribution in [2.75, 3.05) is 19.8 Å². The highest BCUT2D eigenvalue weighted by Gasteiger charge is 2.35. The third-order valence-electron chi connectivity index (χ3n) is 5.04. The van der Waals surface area contributed by atoms with Gasteiger partial charge in [-0.1, -0.05) is 47.5 Å². The van der Waals surface area contributed by atoms with Crippen molar-refractivity contribution >= 4 is 17.5 Å². The van der Waals surface area contributed by atoms with E-state index in [2.05, 4.69) is 36.5 Å². The van der Waals surface area contributed by atoms with Crippen LogP contribution in [0.3, 0.4) is 0 Å². The molecule has 4 heteroatoms. The van der Waals surface area contributed by atoms with Gasteiger partial charge in [0.05, 0.1) is 10.6 Å². The molecule has 2 aromatic carbocycles. The molecule has 1 fully saturated rings. The molecule has 1 N–H and O–H groups in total. The van der Waals surface area contributed by atoms with Crippen molar-refractivity contribution in [3.05, 3.63) is 69.7 Å². The molecule has 2 aromatic rings. The number of aryl methyl sites for hydroxylation is 2. The number of carbonyl (C=O) groups excluding carboxylic acids is 1. The molecule has 25 heavy (non-hydrogen) atoms. The summed E-state index contributed by atoms with van der Waals surface area (Å²) in [5.74, 6) is -0.122. The topological polar surface area (TPSA) is 38.3 Å². The second-order valence-corrected chi connectivity index (χ2v) is 7.34. The highest BCUT2D eigenvalue weighted by molar-refractivity contribution is 6.33. The van der Waals surface area contributed by atoms with Crippen molar-refractivity contribution in [3.63, 3.8) is 0 Å². The lowest BCUT2D eigenvalue weighted by Gasteiger charge is -2.38. The first-order chi connectivity index (χ1) is 12.0. The predicted molar refractivity (Wildman–Crippen MR) is 101 cm³/mol. The fourth-order valence-corrected chi connectivity index (χ4v) is 3.77. The molecule has 1 aliphatic rings. The second-order valence-electron chi connectivity index (χ2n) is 6.93. The molecule has 1 aliphatic heterocycles. The van der Waals surface area contributed by atoms with Gasteiger partial charge in [-0.3, -0.25) is 4.79 Å². The number of benzene rings is 2. The Hall–Kier alpha value is -1.84. The lowest BCUT2D eigenvalue weighted by atomic mass is 9.73. The molecule has 0 radical (unpaired) electrons. The summed E-state index contributed by atoms with van der Waals surface area (Å²) in [5.41, 5.74) is 3.99. The Labute approximate surface area is 154 Å². The van der Waals surface area contributed by atoms with E-state index in [9.17, 15) is 4.79 Å². The van der Waals surface area contributed by atoms with Crippen LogP contribution in [0.2, 0.25) is 5.02 Å². The molecular weight excluding hydrogens is 334 g/mol. The molecule has 1 saturated heterocycles. The maximum atomic E-state index is 12.6. The minimum Gasteiger partial charge on any atom is -0.381 e. The zero-order chi connectivity index (χ0) is 17.9. The molecule has 3 nitrogen and oxygen atoms in total. The molecule has 0 aliphatic carbocycles. The van der Waals surface area contributed by atoms with Crippen molar-refractivity contribution in [2.45, 2.75) is 32.1 Å². The molecule has 132 valence electrons. The first kappa shape index (κ1) is 18.0. The van der Waals surface area contributed by atoms with Gasteiger partial charge in [-0.05, 0) is 49.9 Å². The number of carbonyl (C=O) groups is 1. The molecule has 1 amide bonds. The Morgan fingerprint density at radius 2 is 1.84 bits per heavy atom. The highest BCUT2D eigenvalue weighted by atomic mass is 35.5. The predicted octanol–water partition coefficient (Wildman–Crippen LogP) is 4.44. The van der Waals surface area contributed by atoms with Gasteiger partial charge >= 0.3 is 0 Å². The smallest absolute Gasteiger partial charge is 0.252 e. The minimum atomic E-state index is -0.122. The fourth-order valence-electron chi connectivity index (χ4n) is 3.45. The van der Waals surface area contributed by atoms with E-state index in [1.165, 1.54) is 11.1 Å². The van der Waals surface area contributed by atoms with Crippen LogP contribution >= 0.6 is 11.6 Å². The number of nitrogens with one attached hydrogen (secondary N) is 1. The molecular formula is C21H24ClNO2. The normalized spacial score (nSPS) is 16.4. The van der Waals surface area contributed by atoms with Crippen LogP contribution in [0.4, 0.5) is 0 Å². The van der Waals surface area contributed by atoms with Crippen LogP contribution in [0.5, 0.6) is 0 Å². The van der Waals surface area contributed by atoms with Crippen molar-refractivity contribution in [2.24, 2.45) is 0 Å². The standard InChI is InChI=1S/C21H24ClNO2/c1-15-4-3-5-17(12-15)21(8-10-25-11-9-21)14-23-20(24)18-7-6-16(2)13-19(18)22/h3-7,12-13H,8-11,14H2,1-2H3,(H,23,24). The van der Waals surface area contributed by atoms with E-state index in [-0.39, 0.29) is 11.3 Å². The second kappa shape index (κ2) is 7.59. The van der Waals surface area contributed by atoms with E-state index in [0.29, 0.717) is 17.1 Å². The monoisotopic (exact) mass is 357 g/mol. The summed E-state index contributed by atoms with van der Waals surface area (Å²) in [6, 6.07) is 14.1. The van der Waals surface area contributed by atoms with Gasteiger partial charge in [-0.25, -0.2) is 0 Å². The van der Waals surface area contributed by atoms with Gasteiger partial charge in [0.15, 0.2) is 0 Å². The van der Waals surface area contributed by atoms with E-state index < -0.39 is 0 Å². The Bertz CT molecular complexity index is 766. The molecule has 0 unspecified atom stereocenters. The molecule has 0 atom stereocenters. The average Bonchev–Trinajstić information content (AvgIpc) is 2.60. The summed E-state index contributed by atoms with van der Waals surface area (Å²) < 4.78 is 5.57. The van der Waals surface area contributed by atoms with Gasteiger partial charge in [-0.2, -0.15) is 0 Å². The zero-order valence-electron chi connectivity index (χ0n) is 14.8. The molecule has 0 saturated carbocycles. The van der Waals surface area contributed by atoms with Crippen LogP contribution < -0.4 is 5.32 Å². The molecule has 0 spiro atoms. The van der Waals surface area contributed by atoms with Crippen LogP contribution in [0.15, 0.2) is 42.5 Å². The van der Waals surface area contributed by atoms with E-state index in [4.69, 9.17) is 16.3 Å². The lowest BCUT2D eigenvalue weighted by molar-refractivity contribution is 0.0487. The lowest BCUT2D eigenvalue weighted by Crippen LogP contribution is -2.44. The zero-order valence-corrected chi connectivity index (χ0v) is 15.5. The highest BCUT2D eigenvalue weighted by Crippen LogP contribution is 2.35. The number of rotatable bonds is 4. The third kappa shape index (κ3) is 4.05. The Morgan fingerprint density at radius 3 is 2.52 bits per heavy atom. The SMILES string of the molecule is Cc1cccc(C2(CNC(=O)c3ccc(C)cc3Cl)CCOCC2)c1. The summed E-state index contributed by atoms with van der Waals surface area (Å²) in [6.45, 7) is 6.08. The van der Waals surface area contributed by atoms with Crippen molar-refractivity contribution in [1.29, 1.82) is 0 Å². The summed E-state index contributed by atoms with van der Waals surface area (Å²) >= 11 is 6.24. The number of hydrogen-bond acceptors (Lipinski definition) is 2.